The number of aromatic hydroxyl groups is 1. The molecule has 1 fully saturated rings. The summed E-state index contributed by atoms with van der Waals surface area (Å²) in [5.74, 6) is 0.362. The Bertz CT molecular complexity index is 637. The lowest BCUT2D eigenvalue weighted by atomic mass is 9.94. The normalized spacial score (nSPS) is 18.8. The van der Waals surface area contributed by atoms with Gasteiger partial charge in [0.15, 0.2) is 0 Å². The topological polar surface area (TPSA) is 40.5 Å². The Labute approximate surface area is 128 Å². The van der Waals surface area contributed by atoms with Crippen molar-refractivity contribution < 1.29 is 9.90 Å². The average Bonchev–Trinajstić information content (AvgIpc) is 2.49. The second-order valence-corrected chi connectivity index (χ2v) is 5.68. The fraction of sp³-hybridized carbons (Fsp3) is 0.235. The Morgan fingerprint density at radius 1 is 1.05 bits per heavy atom. The molecular formula is C17H16ClNO2. The number of amides is 1. The fourth-order valence-corrected chi connectivity index (χ4v) is 2.93. The van der Waals surface area contributed by atoms with Crippen LogP contribution in [-0.4, -0.2) is 11.0 Å². The van der Waals surface area contributed by atoms with Gasteiger partial charge in [-0.3, -0.25) is 4.79 Å². The van der Waals surface area contributed by atoms with Gasteiger partial charge in [0, 0.05) is 17.1 Å². The monoisotopic (exact) mass is 301 g/mol. The molecule has 1 amide bonds. The van der Waals surface area contributed by atoms with E-state index in [1.165, 1.54) is 0 Å². The summed E-state index contributed by atoms with van der Waals surface area (Å²) in [5, 5.41) is 10.1. The van der Waals surface area contributed by atoms with Crippen molar-refractivity contribution >= 4 is 23.2 Å². The zero-order valence-electron chi connectivity index (χ0n) is 11.5. The molecule has 1 saturated heterocycles. The van der Waals surface area contributed by atoms with E-state index in [2.05, 4.69) is 0 Å². The maximum absolute atomic E-state index is 12.4. The first kappa shape index (κ1) is 14.0. The lowest BCUT2D eigenvalue weighted by molar-refractivity contribution is -0.120. The molecule has 1 heterocycles. The molecule has 0 saturated carbocycles. The fourth-order valence-electron chi connectivity index (χ4n) is 2.81. The maximum Gasteiger partial charge on any atom is 0.227 e. The summed E-state index contributed by atoms with van der Waals surface area (Å²) < 4.78 is 0. The highest BCUT2D eigenvalue weighted by atomic mass is 35.5. The molecule has 0 spiro atoms. The van der Waals surface area contributed by atoms with Crippen LogP contribution in [0.3, 0.4) is 0 Å². The molecule has 4 heteroatoms. The molecule has 1 N–H and O–H groups in total. The van der Waals surface area contributed by atoms with Gasteiger partial charge in [-0.15, -0.1) is 0 Å². The van der Waals surface area contributed by atoms with Gasteiger partial charge >= 0.3 is 0 Å². The van der Waals surface area contributed by atoms with Gasteiger partial charge in [0.2, 0.25) is 5.91 Å². The number of carbonyl (C=O) groups excluding carboxylic acids is 1. The summed E-state index contributed by atoms with van der Waals surface area (Å²) >= 11 is 5.93. The van der Waals surface area contributed by atoms with E-state index in [4.69, 9.17) is 11.6 Å². The number of halogens is 1. The molecule has 108 valence electrons. The van der Waals surface area contributed by atoms with E-state index in [0.717, 1.165) is 24.1 Å². The standard InChI is InChI=1S/C17H16ClNO2/c18-13-6-8-14(9-7-13)19-16(2-1-3-17(19)21)12-4-10-15(20)11-5-12/h4-11,16,20H,1-3H2. The first-order valence-electron chi connectivity index (χ1n) is 7.02. The van der Waals surface area contributed by atoms with Crippen LogP contribution >= 0.6 is 11.6 Å². The minimum Gasteiger partial charge on any atom is -0.508 e. The van der Waals surface area contributed by atoms with Crippen molar-refractivity contribution in [1.82, 2.24) is 0 Å². The summed E-state index contributed by atoms with van der Waals surface area (Å²) in [7, 11) is 0. The van der Waals surface area contributed by atoms with Crippen LogP contribution in [-0.2, 0) is 4.79 Å². The highest BCUT2D eigenvalue weighted by molar-refractivity contribution is 6.30. The molecule has 21 heavy (non-hydrogen) atoms. The highest BCUT2D eigenvalue weighted by Crippen LogP contribution is 2.36. The van der Waals surface area contributed by atoms with Crippen molar-refractivity contribution in [2.24, 2.45) is 0 Å². The second-order valence-electron chi connectivity index (χ2n) is 5.24. The number of phenolic OH excluding ortho intramolecular Hbond substituents is 1. The van der Waals surface area contributed by atoms with E-state index in [1.54, 1.807) is 24.3 Å². The molecule has 1 atom stereocenters. The molecule has 3 nitrogen and oxygen atoms in total. The number of anilines is 1. The number of piperidine rings is 1. The number of hydrogen-bond donors (Lipinski definition) is 1. The van der Waals surface area contributed by atoms with E-state index in [0.29, 0.717) is 11.4 Å². The number of phenols is 1. The summed E-state index contributed by atoms with van der Waals surface area (Å²) in [4.78, 5) is 14.2. The van der Waals surface area contributed by atoms with Gasteiger partial charge in [0.05, 0.1) is 6.04 Å². The van der Waals surface area contributed by atoms with E-state index in [1.807, 2.05) is 29.2 Å². The third-order valence-electron chi connectivity index (χ3n) is 3.83. The average molecular weight is 302 g/mol. The number of nitrogens with zero attached hydrogens (tertiary/aromatic N) is 1. The van der Waals surface area contributed by atoms with Crippen LogP contribution in [0.25, 0.3) is 0 Å². The summed E-state index contributed by atoms with van der Waals surface area (Å²) in [6, 6.07) is 14.4. The molecule has 0 radical (unpaired) electrons. The van der Waals surface area contributed by atoms with E-state index < -0.39 is 0 Å². The van der Waals surface area contributed by atoms with Crippen molar-refractivity contribution in [3.63, 3.8) is 0 Å². The van der Waals surface area contributed by atoms with Crippen LogP contribution in [0.2, 0.25) is 5.02 Å². The van der Waals surface area contributed by atoms with Crippen molar-refractivity contribution in [1.29, 1.82) is 0 Å². The molecule has 1 aliphatic heterocycles. The third kappa shape index (κ3) is 2.88. The van der Waals surface area contributed by atoms with Crippen LogP contribution in [0.1, 0.15) is 30.9 Å². The Hall–Kier alpha value is -2.00. The largest absolute Gasteiger partial charge is 0.508 e. The third-order valence-corrected chi connectivity index (χ3v) is 4.08. The molecule has 1 aliphatic rings. The maximum atomic E-state index is 12.4. The second kappa shape index (κ2) is 5.78. The van der Waals surface area contributed by atoms with Gasteiger partial charge in [-0.05, 0) is 54.8 Å². The number of benzene rings is 2. The lowest BCUT2D eigenvalue weighted by Gasteiger charge is -2.36. The van der Waals surface area contributed by atoms with Crippen molar-refractivity contribution in [2.75, 3.05) is 4.90 Å². The van der Waals surface area contributed by atoms with Gasteiger partial charge < -0.3 is 10.0 Å². The van der Waals surface area contributed by atoms with Crippen LogP contribution in [0.4, 0.5) is 5.69 Å². The molecule has 2 aromatic carbocycles. The predicted molar refractivity (Wildman–Crippen MR) is 83.6 cm³/mol. The Morgan fingerprint density at radius 3 is 2.38 bits per heavy atom. The smallest absolute Gasteiger partial charge is 0.227 e. The minimum atomic E-state index is 0.00743. The first-order valence-corrected chi connectivity index (χ1v) is 7.39. The Kier molecular flexibility index (Phi) is 3.84. The SMILES string of the molecule is O=C1CCCC(c2ccc(O)cc2)N1c1ccc(Cl)cc1. The highest BCUT2D eigenvalue weighted by Gasteiger charge is 2.30. The van der Waals surface area contributed by atoms with Gasteiger partial charge in [0.1, 0.15) is 5.75 Å². The Morgan fingerprint density at radius 2 is 1.71 bits per heavy atom. The number of carbonyl (C=O) groups is 1. The zero-order valence-corrected chi connectivity index (χ0v) is 12.3. The number of hydrogen-bond acceptors (Lipinski definition) is 2. The molecular weight excluding hydrogens is 286 g/mol. The van der Waals surface area contributed by atoms with Crippen molar-refractivity contribution in [3.8, 4) is 5.75 Å². The molecule has 1 unspecified atom stereocenters. The summed E-state index contributed by atoms with van der Waals surface area (Å²) in [6.45, 7) is 0. The van der Waals surface area contributed by atoms with Crippen molar-refractivity contribution in [2.45, 2.75) is 25.3 Å². The van der Waals surface area contributed by atoms with Gasteiger partial charge in [0.25, 0.3) is 0 Å². The quantitative estimate of drug-likeness (QED) is 0.898. The molecule has 3 rings (SSSR count). The first-order chi connectivity index (χ1) is 10.1. The number of rotatable bonds is 2. The van der Waals surface area contributed by atoms with Gasteiger partial charge in [-0.1, -0.05) is 23.7 Å². The van der Waals surface area contributed by atoms with Gasteiger partial charge in [-0.2, -0.15) is 0 Å². The summed E-state index contributed by atoms with van der Waals surface area (Å²) in [6.07, 6.45) is 2.37. The van der Waals surface area contributed by atoms with Crippen LogP contribution in [0, 0.1) is 0 Å². The lowest BCUT2D eigenvalue weighted by Crippen LogP contribution is -2.38. The minimum absolute atomic E-state index is 0.00743. The van der Waals surface area contributed by atoms with Crippen LogP contribution < -0.4 is 4.90 Å². The van der Waals surface area contributed by atoms with Crippen molar-refractivity contribution in [3.05, 3.63) is 59.1 Å². The van der Waals surface area contributed by atoms with E-state index in [9.17, 15) is 9.90 Å². The zero-order chi connectivity index (χ0) is 14.8. The van der Waals surface area contributed by atoms with Gasteiger partial charge in [-0.25, -0.2) is 0 Å². The molecule has 0 aromatic heterocycles. The van der Waals surface area contributed by atoms with Crippen LogP contribution in [0.15, 0.2) is 48.5 Å². The summed E-state index contributed by atoms with van der Waals surface area (Å²) in [5.41, 5.74) is 1.90. The van der Waals surface area contributed by atoms with E-state index >= 15 is 0 Å². The molecule has 0 bridgehead atoms. The van der Waals surface area contributed by atoms with E-state index in [-0.39, 0.29) is 17.7 Å². The Balaban J connectivity index is 1.98. The van der Waals surface area contributed by atoms with Crippen LogP contribution in [0.5, 0.6) is 5.75 Å². The predicted octanol–water partition coefficient (Wildman–Crippen LogP) is 4.30. The molecule has 0 aliphatic carbocycles. The molecule has 2 aromatic rings.